The van der Waals surface area contributed by atoms with Gasteiger partial charge in [0.2, 0.25) is 0 Å². The van der Waals surface area contributed by atoms with E-state index in [1.807, 2.05) is 22.7 Å². The zero-order valence-electron chi connectivity index (χ0n) is 11.5. The number of amides is 1. The molecule has 0 radical (unpaired) electrons. The van der Waals surface area contributed by atoms with Gasteiger partial charge in [-0.1, -0.05) is 0 Å². The van der Waals surface area contributed by atoms with Crippen LogP contribution in [-0.2, 0) is 7.05 Å². The molecule has 2 fully saturated rings. The van der Waals surface area contributed by atoms with Crippen LogP contribution in [0.15, 0.2) is 12.4 Å². The first-order chi connectivity index (χ1) is 9.24. The van der Waals surface area contributed by atoms with Crippen molar-refractivity contribution < 1.29 is 4.79 Å². The first-order valence-corrected chi connectivity index (χ1v) is 7.24. The SMILES string of the molecule is Cn1ccnc1C(=O)N(CC1CC1)CC1CCCN1. The van der Waals surface area contributed by atoms with Gasteiger partial charge in [0, 0.05) is 38.6 Å². The van der Waals surface area contributed by atoms with Crippen molar-refractivity contribution >= 4 is 5.91 Å². The van der Waals surface area contributed by atoms with Gasteiger partial charge in [-0.15, -0.1) is 0 Å². The number of carbonyl (C=O) groups excluding carboxylic acids is 1. The van der Waals surface area contributed by atoms with Crippen LogP contribution in [0.3, 0.4) is 0 Å². The molecule has 1 saturated carbocycles. The number of hydrogen-bond donors (Lipinski definition) is 1. The fourth-order valence-corrected chi connectivity index (χ4v) is 2.74. The Hall–Kier alpha value is -1.36. The third kappa shape index (κ3) is 2.97. The standard InChI is InChI=1S/C14H22N4O/c1-17-8-7-16-13(17)14(19)18(9-11-4-5-11)10-12-3-2-6-15-12/h7-8,11-12,15H,2-6,9-10H2,1H3. The van der Waals surface area contributed by atoms with E-state index in [1.165, 1.54) is 25.7 Å². The van der Waals surface area contributed by atoms with Crippen LogP contribution in [0.2, 0.25) is 0 Å². The van der Waals surface area contributed by atoms with Crippen molar-refractivity contribution in [3.63, 3.8) is 0 Å². The molecular formula is C14H22N4O. The highest BCUT2D eigenvalue weighted by atomic mass is 16.2. The smallest absolute Gasteiger partial charge is 0.289 e. The van der Waals surface area contributed by atoms with Gasteiger partial charge in [-0.2, -0.15) is 0 Å². The molecule has 5 nitrogen and oxygen atoms in total. The minimum absolute atomic E-state index is 0.0769. The van der Waals surface area contributed by atoms with Gasteiger partial charge in [-0.3, -0.25) is 4.79 Å². The predicted molar refractivity (Wildman–Crippen MR) is 72.9 cm³/mol. The Morgan fingerprint density at radius 1 is 1.47 bits per heavy atom. The Labute approximate surface area is 114 Å². The Morgan fingerprint density at radius 2 is 2.32 bits per heavy atom. The molecule has 0 aromatic carbocycles. The summed E-state index contributed by atoms with van der Waals surface area (Å²) < 4.78 is 1.81. The van der Waals surface area contributed by atoms with Crippen molar-refractivity contribution in [3.8, 4) is 0 Å². The number of carbonyl (C=O) groups is 1. The monoisotopic (exact) mass is 262 g/mol. The molecule has 2 aliphatic rings. The van der Waals surface area contributed by atoms with Crippen LogP contribution in [-0.4, -0.2) is 46.0 Å². The van der Waals surface area contributed by atoms with Gasteiger partial charge in [0.15, 0.2) is 5.82 Å². The molecule has 1 saturated heterocycles. The minimum Gasteiger partial charge on any atom is -0.334 e. The van der Waals surface area contributed by atoms with Crippen LogP contribution in [0.5, 0.6) is 0 Å². The van der Waals surface area contributed by atoms with Crippen molar-refractivity contribution in [2.75, 3.05) is 19.6 Å². The summed E-state index contributed by atoms with van der Waals surface area (Å²) in [7, 11) is 1.88. The van der Waals surface area contributed by atoms with Crippen molar-refractivity contribution in [2.24, 2.45) is 13.0 Å². The lowest BCUT2D eigenvalue weighted by atomic mass is 10.2. The van der Waals surface area contributed by atoms with Crippen LogP contribution >= 0.6 is 0 Å². The van der Waals surface area contributed by atoms with Gasteiger partial charge in [0.25, 0.3) is 5.91 Å². The molecular weight excluding hydrogens is 240 g/mol. The van der Waals surface area contributed by atoms with Gasteiger partial charge in [-0.25, -0.2) is 4.98 Å². The van der Waals surface area contributed by atoms with Crippen LogP contribution < -0.4 is 5.32 Å². The summed E-state index contributed by atoms with van der Waals surface area (Å²) in [5.41, 5.74) is 0. The molecule has 1 atom stereocenters. The second-order valence-electron chi connectivity index (χ2n) is 5.81. The fourth-order valence-electron chi connectivity index (χ4n) is 2.74. The highest BCUT2D eigenvalue weighted by molar-refractivity contribution is 5.90. The third-order valence-corrected chi connectivity index (χ3v) is 4.08. The molecule has 1 aliphatic heterocycles. The van der Waals surface area contributed by atoms with Crippen molar-refractivity contribution in [1.82, 2.24) is 19.8 Å². The summed E-state index contributed by atoms with van der Waals surface area (Å²) in [5, 5.41) is 3.47. The zero-order chi connectivity index (χ0) is 13.2. The molecule has 104 valence electrons. The van der Waals surface area contributed by atoms with E-state index in [2.05, 4.69) is 10.3 Å². The lowest BCUT2D eigenvalue weighted by Crippen LogP contribution is -2.43. The van der Waals surface area contributed by atoms with Crippen LogP contribution in [0.25, 0.3) is 0 Å². The summed E-state index contributed by atoms with van der Waals surface area (Å²) >= 11 is 0. The van der Waals surface area contributed by atoms with Crippen LogP contribution in [0.4, 0.5) is 0 Å². The summed E-state index contributed by atoms with van der Waals surface area (Å²) in [4.78, 5) is 18.8. The molecule has 1 aliphatic carbocycles. The van der Waals surface area contributed by atoms with Crippen molar-refractivity contribution in [1.29, 1.82) is 0 Å². The number of imidazole rings is 1. The van der Waals surface area contributed by atoms with E-state index in [-0.39, 0.29) is 5.91 Å². The average Bonchev–Trinajstić information content (AvgIpc) is 2.88. The molecule has 5 heteroatoms. The van der Waals surface area contributed by atoms with E-state index in [1.54, 1.807) is 6.20 Å². The van der Waals surface area contributed by atoms with Crippen LogP contribution in [0, 0.1) is 5.92 Å². The Morgan fingerprint density at radius 3 is 2.89 bits per heavy atom. The minimum atomic E-state index is 0.0769. The van der Waals surface area contributed by atoms with E-state index in [0.29, 0.717) is 17.8 Å². The second kappa shape index (κ2) is 5.33. The lowest BCUT2D eigenvalue weighted by Gasteiger charge is -2.25. The highest BCUT2D eigenvalue weighted by Gasteiger charge is 2.30. The largest absolute Gasteiger partial charge is 0.334 e. The number of aromatic nitrogens is 2. The van der Waals surface area contributed by atoms with Crippen molar-refractivity contribution in [2.45, 2.75) is 31.7 Å². The number of nitrogens with one attached hydrogen (secondary N) is 1. The molecule has 19 heavy (non-hydrogen) atoms. The van der Waals surface area contributed by atoms with Gasteiger partial charge >= 0.3 is 0 Å². The van der Waals surface area contributed by atoms with Gasteiger partial charge in [0.1, 0.15) is 0 Å². The third-order valence-electron chi connectivity index (χ3n) is 4.08. The van der Waals surface area contributed by atoms with E-state index < -0.39 is 0 Å². The first kappa shape index (κ1) is 12.7. The quantitative estimate of drug-likeness (QED) is 0.862. The predicted octanol–water partition coefficient (Wildman–Crippen LogP) is 1.02. The molecule has 1 aromatic rings. The summed E-state index contributed by atoms with van der Waals surface area (Å²) in [5.74, 6) is 1.34. The van der Waals surface area contributed by atoms with E-state index in [0.717, 1.165) is 19.6 Å². The molecule has 0 spiro atoms. The average molecular weight is 262 g/mol. The van der Waals surface area contributed by atoms with Gasteiger partial charge in [-0.05, 0) is 38.1 Å². The summed E-state index contributed by atoms with van der Waals surface area (Å²) in [6, 6.07) is 0.461. The van der Waals surface area contributed by atoms with Crippen LogP contribution in [0.1, 0.15) is 36.3 Å². The Kier molecular flexibility index (Phi) is 3.55. The molecule has 0 bridgehead atoms. The molecule has 1 aromatic heterocycles. The van der Waals surface area contributed by atoms with Gasteiger partial charge < -0.3 is 14.8 Å². The maximum Gasteiger partial charge on any atom is 0.289 e. The zero-order valence-corrected chi connectivity index (χ0v) is 11.5. The topological polar surface area (TPSA) is 50.2 Å². The lowest BCUT2D eigenvalue weighted by molar-refractivity contribution is 0.0717. The molecule has 3 rings (SSSR count). The summed E-state index contributed by atoms with van der Waals surface area (Å²) in [6.45, 7) is 2.80. The van der Waals surface area contributed by atoms with Crippen molar-refractivity contribution in [3.05, 3.63) is 18.2 Å². The Bertz CT molecular complexity index is 446. The maximum absolute atomic E-state index is 12.6. The number of aryl methyl sites for hydroxylation is 1. The second-order valence-corrected chi connectivity index (χ2v) is 5.81. The van der Waals surface area contributed by atoms with E-state index >= 15 is 0 Å². The first-order valence-electron chi connectivity index (χ1n) is 7.24. The summed E-state index contributed by atoms with van der Waals surface area (Å²) in [6.07, 6.45) is 8.45. The molecule has 1 N–H and O–H groups in total. The molecule has 2 heterocycles. The molecule has 1 amide bonds. The number of rotatable bonds is 5. The number of hydrogen-bond acceptors (Lipinski definition) is 3. The number of nitrogens with zero attached hydrogens (tertiary/aromatic N) is 3. The molecule has 1 unspecified atom stereocenters. The van der Waals surface area contributed by atoms with E-state index in [9.17, 15) is 4.79 Å². The van der Waals surface area contributed by atoms with E-state index in [4.69, 9.17) is 0 Å². The highest BCUT2D eigenvalue weighted by Crippen LogP contribution is 2.30. The Balaban J connectivity index is 1.69. The maximum atomic E-state index is 12.6. The normalized spacial score (nSPS) is 22.7. The van der Waals surface area contributed by atoms with Gasteiger partial charge in [0.05, 0.1) is 0 Å². The fraction of sp³-hybridized carbons (Fsp3) is 0.714.